The molecule has 0 saturated heterocycles. The van der Waals surface area contributed by atoms with Gasteiger partial charge in [-0.25, -0.2) is 0 Å². The van der Waals surface area contributed by atoms with Gasteiger partial charge < -0.3 is 21.3 Å². The van der Waals surface area contributed by atoms with Crippen LogP contribution < -0.4 is 21.3 Å². The summed E-state index contributed by atoms with van der Waals surface area (Å²) in [6.07, 6.45) is 0.436. The van der Waals surface area contributed by atoms with E-state index in [1.165, 1.54) is 0 Å². The molecule has 26 heavy (non-hydrogen) atoms. The molecule has 0 aromatic heterocycles. The largest absolute Gasteiger partial charge is 0.356 e. The molecular weight excluding hydrogens is 330 g/mol. The Hall–Kier alpha value is -2.57. The minimum absolute atomic E-state index is 0.000770. The number of carbonyl (C=O) groups excluding carboxylic acids is 2. The zero-order chi connectivity index (χ0) is 19.2. The number of fused-ring (bicyclic) bond motifs is 1. The molecule has 1 heterocycles. The highest BCUT2D eigenvalue weighted by Gasteiger charge is 2.28. The van der Waals surface area contributed by atoms with Gasteiger partial charge in [0.1, 0.15) is 0 Å². The maximum absolute atomic E-state index is 12.1. The van der Waals surface area contributed by atoms with E-state index in [1.807, 2.05) is 45.0 Å². The third-order valence-corrected chi connectivity index (χ3v) is 4.50. The van der Waals surface area contributed by atoms with Crippen LogP contribution in [0.5, 0.6) is 0 Å². The Labute approximate surface area is 155 Å². The molecule has 2 rings (SSSR count). The van der Waals surface area contributed by atoms with E-state index >= 15 is 0 Å². The molecule has 0 radical (unpaired) electrons. The Morgan fingerprint density at radius 1 is 1.27 bits per heavy atom. The van der Waals surface area contributed by atoms with Crippen LogP contribution in [-0.4, -0.2) is 44.5 Å². The van der Waals surface area contributed by atoms with E-state index in [1.54, 1.807) is 7.05 Å². The summed E-state index contributed by atoms with van der Waals surface area (Å²) in [7, 11) is 1.69. The van der Waals surface area contributed by atoms with Gasteiger partial charge in [0.15, 0.2) is 5.96 Å². The smallest absolute Gasteiger partial charge is 0.227 e. The number of aliphatic imine (C=N–C) groups is 1. The zero-order valence-corrected chi connectivity index (χ0v) is 16.0. The van der Waals surface area contributed by atoms with E-state index in [2.05, 4.69) is 26.3 Å². The summed E-state index contributed by atoms with van der Waals surface area (Å²) < 4.78 is 0. The first-order valence-corrected chi connectivity index (χ1v) is 8.99. The Morgan fingerprint density at radius 3 is 2.69 bits per heavy atom. The SMILES string of the molecule is CCNC(=O)C(C)(C)CNC(=NC)NCC1CC(=O)Nc2ccccc21. The molecule has 0 bridgehead atoms. The van der Waals surface area contributed by atoms with Crippen molar-refractivity contribution in [3.05, 3.63) is 29.8 Å². The average Bonchev–Trinajstić information content (AvgIpc) is 2.61. The molecule has 0 fully saturated rings. The molecule has 1 aromatic rings. The zero-order valence-electron chi connectivity index (χ0n) is 16.0. The molecule has 0 aliphatic carbocycles. The molecule has 7 heteroatoms. The van der Waals surface area contributed by atoms with E-state index in [0.29, 0.717) is 32.0 Å². The van der Waals surface area contributed by atoms with E-state index in [4.69, 9.17) is 0 Å². The number of hydrogen-bond acceptors (Lipinski definition) is 3. The van der Waals surface area contributed by atoms with Gasteiger partial charge in [0.2, 0.25) is 11.8 Å². The molecule has 1 aliphatic rings. The first-order valence-electron chi connectivity index (χ1n) is 8.99. The van der Waals surface area contributed by atoms with E-state index < -0.39 is 5.41 Å². The van der Waals surface area contributed by atoms with Gasteiger partial charge in [0, 0.05) is 44.7 Å². The van der Waals surface area contributed by atoms with Gasteiger partial charge in [-0.05, 0) is 32.4 Å². The third-order valence-electron chi connectivity index (χ3n) is 4.50. The number of hydrogen-bond donors (Lipinski definition) is 4. The van der Waals surface area contributed by atoms with Crippen molar-refractivity contribution in [2.45, 2.75) is 33.1 Å². The maximum Gasteiger partial charge on any atom is 0.227 e. The fraction of sp³-hybridized carbons (Fsp3) is 0.526. The second-order valence-electron chi connectivity index (χ2n) is 7.09. The van der Waals surface area contributed by atoms with Crippen LogP contribution in [0.2, 0.25) is 0 Å². The van der Waals surface area contributed by atoms with E-state index in [0.717, 1.165) is 11.3 Å². The van der Waals surface area contributed by atoms with Crippen molar-refractivity contribution >= 4 is 23.5 Å². The van der Waals surface area contributed by atoms with Gasteiger partial charge in [-0.1, -0.05) is 18.2 Å². The molecule has 142 valence electrons. The normalized spacial score (nSPS) is 17.2. The number of carbonyl (C=O) groups is 2. The van der Waals surface area contributed by atoms with Gasteiger partial charge in [-0.3, -0.25) is 14.6 Å². The van der Waals surface area contributed by atoms with Gasteiger partial charge in [-0.2, -0.15) is 0 Å². The van der Waals surface area contributed by atoms with Crippen molar-refractivity contribution in [3.63, 3.8) is 0 Å². The van der Waals surface area contributed by atoms with Crippen LogP contribution in [0.4, 0.5) is 5.69 Å². The van der Waals surface area contributed by atoms with Crippen molar-refractivity contribution in [1.82, 2.24) is 16.0 Å². The number of nitrogens with zero attached hydrogens (tertiary/aromatic N) is 1. The lowest BCUT2D eigenvalue weighted by atomic mass is 9.90. The maximum atomic E-state index is 12.1. The molecule has 1 aliphatic heterocycles. The van der Waals surface area contributed by atoms with Crippen LogP contribution >= 0.6 is 0 Å². The fourth-order valence-corrected chi connectivity index (χ4v) is 2.91. The lowest BCUT2D eigenvalue weighted by molar-refractivity contribution is -0.128. The lowest BCUT2D eigenvalue weighted by Gasteiger charge is -2.28. The van der Waals surface area contributed by atoms with Crippen molar-refractivity contribution in [2.75, 3.05) is 32.0 Å². The molecular formula is C19H29N5O2. The molecule has 1 aromatic carbocycles. The minimum Gasteiger partial charge on any atom is -0.356 e. The number of benzene rings is 1. The number of amides is 2. The second-order valence-corrected chi connectivity index (χ2v) is 7.09. The molecule has 0 spiro atoms. The van der Waals surface area contributed by atoms with Crippen LogP contribution in [0.1, 0.15) is 38.7 Å². The summed E-state index contributed by atoms with van der Waals surface area (Å²) in [5, 5.41) is 12.2. The number of guanidine groups is 1. The molecule has 7 nitrogen and oxygen atoms in total. The third kappa shape index (κ3) is 4.97. The van der Waals surface area contributed by atoms with E-state index in [-0.39, 0.29) is 17.7 Å². The predicted octanol–water partition coefficient (Wildman–Crippen LogP) is 1.44. The Balaban J connectivity index is 1.93. The lowest BCUT2D eigenvalue weighted by Crippen LogP contribution is -2.48. The van der Waals surface area contributed by atoms with Crippen LogP contribution in [0, 0.1) is 5.41 Å². The van der Waals surface area contributed by atoms with Gasteiger partial charge in [0.05, 0.1) is 5.41 Å². The number of para-hydroxylation sites is 1. The standard InChI is InChI=1S/C19H29N5O2/c1-5-21-17(26)19(2,3)12-23-18(20-4)22-11-13-10-16(25)24-15-9-7-6-8-14(13)15/h6-9,13H,5,10-12H2,1-4H3,(H,21,26)(H,24,25)(H2,20,22,23). The highest BCUT2D eigenvalue weighted by atomic mass is 16.2. The van der Waals surface area contributed by atoms with Crippen molar-refractivity contribution in [1.29, 1.82) is 0 Å². The highest BCUT2D eigenvalue weighted by molar-refractivity contribution is 5.94. The summed E-state index contributed by atoms with van der Waals surface area (Å²) >= 11 is 0. The van der Waals surface area contributed by atoms with Crippen molar-refractivity contribution in [3.8, 4) is 0 Å². The number of rotatable bonds is 6. The average molecular weight is 359 g/mol. The minimum atomic E-state index is -0.551. The van der Waals surface area contributed by atoms with Crippen LogP contribution in [0.3, 0.4) is 0 Å². The van der Waals surface area contributed by atoms with Crippen LogP contribution in [0.25, 0.3) is 0 Å². The summed E-state index contributed by atoms with van der Waals surface area (Å²) in [6.45, 7) is 7.34. The topological polar surface area (TPSA) is 94.6 Å². The predicted molar refractivity (Wildman–Crippen MR) is 104 cm³/mol. The summed E-state index contributed by atoms with van der Waals surface area (Å²) in [5.74, 6) is 0.720. The first-order chi connectivity index (χ1) is 12.4. The summed E-state index contributed by atoms with van der Waals surface area (Å²) in [5.41, 5.74) is 1.44. The molecule has 2 amide bonds. The number of nitrogens with one attached hydrogen (secondary N) is 4. The van der Waals surface area contributed by atoms with Crippen molar-refractivity contribution in [2.24, 2.45) is 10.4 Å². The quantitative estimate of drug-likeness (QED) is 0.457. The Bertz CT molecular complexity index is 684. The Morgan fingerprint density at radius 2 is 2.00 bits per heavy atom. The molecule has 0 saturated carbocycles. The molecule has 1 unspecified atom stereocenters. The monoisotopic (exact) mass is 359 g/mol. The molecule has 4 N–H and O–H groups in total. The Kier molecular flexibility index (Phi) is 6.60. The van der Waals surface area contributed by atoms with Gasteiger partial charge in [0.25, 0.3) is 0 Å². The summed E-state index contributed by atoms with van der Waals surface area (Å²) in [6, 6.07) is 7.85. The number of anilines is 1. The second kappa shape index (κ2) is 8.69. The fourth-order valence-electron chi connectivity index (χ4n) is 2.91. The van der Waals surface area contributed by atoms with E-state index in [9.17, 15) is 9.59 Å². The van der Waals surface area contributed by atoms with Gasteiger partial charge in [-0.15, -0.1) is 0 Å². The van der Waals surface area contributed by atoms with Crippen molar-refractivity contribution < 1.29 is 9.59 Å². The van der Waals surface area contributed by atoms with Crippen LogP contribution in [0.15, 0.2) is 29.3 Å². The van der Waals surface area contributed by atoms with Crippen LogP contribution in [-0.2, 0) is 9.59 Å². The first kappa shape index (κ1) is 19.8. The summed E-state index contributed by atoms with van der Waals surface area (Å²) in [4.78, 5) is 28.2. The van der Waals surface area contributed by atoms with Gasteiger partial charge >= 0.3 is 0 Å². The highest BCUT2D eigenvalue weighted by Crippen LogP contribution is 2.31. The molecule has 1 atom stereocenters.